The molecule has 140 valence electrons. The van der Waals surface area contributed by atoms with E-state index in [2.05, 4.69) is 5.16 Å². The highest BCUT2D eigenvalue weighted by Gasteiger charge is 2.57. The van der Waals surface area contributed by atoms with Crippen molar-refractivity contribution in [3.05, 3.63) is 64.7 Å². The molecule has 2 aromatic carbocycles. The van der Waals surface area contributed by atoms with Crippen molar-refractivity contribution in [3.8, 4) is 0 Å². The molecule has 1 N–H and O–H groups in total. The molecule has 2 heterocycles. The fourth-order valence-corrected chi connectivity index (χ4v) is 3.25. The number of benzene rings is 2. The van der Waals surface area contributed by atoms with Gasteiger partial charge in [0, 0.05) is 10.6 Å². The fourth-order valence-electron chi connectivity index (χ4n) is 3.12. The van der Waals surface area contributed by atoms with Gasteiger partial charge in [-0.1, -0.05) is 16.8 Å². The zero-order valence-electron chi connectivity index (χ0n) is 14.0. The van der Waals surface area contributed by atoms with Crippen LogP contribution < -0.4 is 4.90 Å². The van der Waals surface area contributed by atoms with Crippen LogP contribution in [-0.4, -0.2) is 40.5 Å². The first-order chi connectivity index (χ1) is 13.4. The summed E-state index contributed by atoms with van der Waals surface area (Å²) in [5.41, 5.74) is 0.308. The number of carboxylic acids is 1. The second-order valence-corrected chi connectivity index (χ2v) is 6.62. The lowest BCUT2D eigenvalue weighted by molar-refractivity contribution is -0.126. The number of carbonyl (C=O) groups is 4. The van der Waals surface area contributed by atoms with E-state index in [4.69, 9.17) is 21.5 Å². The fraction of sp³-hybridized carbons (Fsp3) is 0.105. The Morgan fingerprint density at radius 2 is 1.57 bits per heavy atom. The van der Waals surface area contributed by atoms with Crippen molar-refractivity contribution in [1.82, 2.24) is 0 Å². The number of nitrogens with zero attached hydrogens (tertiary/aromatic N) is 2. The average Bonchev–Trinajstić information content (AvgIpc) is 3.22. The Morgan fingerprint density at radius 3 is 2.18 bits per heavy atom. The molecule has 1 fully saturated rings. The van der Waals surface area contributed by atoms with E-state index in [0.29, 0.717) is 5.02 Å². The molecule has 0 saturated carbocycles. The molecule has 9 heteroatoms. The van der Waals surface area contributed by atoms with Crippen molar-refractivity contribution < 1.29 is 29.1 Å². The molecule has 2 aromatic rings. The molecule has 0 aromatic heterocycles. The Bertz CT molecular complexity index is 1050. The third kappa shape index (κ3) is 2.74. The molecule has 0 aliphatic carbocycles. The standard InChI is InChI=1S/C19H11ClN2O6/c20-11-5-1-9(2-6-11)15(23)14-13-16(28-21-14)18(25)22(17(13)24)12-7-3-10(4-8-12)19(26)27/h1-8,13,16H,(H,26,27). The monoisotopic (exact) mass is 398 g/mol. The summed E-state index contributed by atoms with van der Waals surface area (Å²) in [6, 6.07) is 11.3. The third-order valence-corrected chi connectivity index (χ3v) is 4.78. The van der Waals surface area contributed by atoms with Gasteiger partial charge in [-0.15, -0.1) is 0 Å². The van der Waals surface area contributed by atoms with Gasteiger partial charge < -0.3 is 9.94 Å². The Hall–Kier alpha value is -3.52. The number of fused-ring (bicyclic) bond motifs is 1. The lowest BCUT2D eigenvalue weighted by Crippen LogP contribution is -2.34. The number of hydrogen-bond acceptors (Lipinski definition) is 6. The number of imide groups is 1. The van der Waals surface area contributed by atoms with Crippen molar-refractivity contribution in [3.63, 3.8) is 0 Å². The van der Waals surface area contributed by atoms with Gasteiger partial charge in [0.15, 0.2) is 0 Å². The molecule has 0 radical (unpaired) electrons. The van der Waals surface area contributed by atoms with Gasteiger partial charge >= 0.3 is 5.97 Å². The van der Waals surface area contributed by atoms with Crippen LogP contribution in [0.1, 0.15) is 20.7 Å². The maximum atomic E-state index is 12.9. The summed E-state index contributed by atoms with van der Waals surface area (Å²) in [5, 5.41) is 13.1. The molecule has 2 unspecified atom stereocenters. The van der Waals surface area contributed by atoms with E-state index >= 15 is 0 Å². The van der Waals surface area contributed by atoms with E-state index in [0.717, 1.165) is 4.90 Å². The molecule has 2 aliphatic heterocycles. The molecule has 8 nitrogen and oxygen atoms in total. The molecule has 1 saturated heterocycles. The second kappa shape index (κ2) is 6.58. The van der Waals surface area contributed by atoms with E-state index in [1.807, 2.05) is 0 Å². The minimum atomic E-state index is -1.22. The van der Waals surface area contributed by atoms with Crippen molar-refractivity contribution in [2.24, 2.45) is 11.1 Å². The van der Waals surface area contributed by atoms with Crippen LogP contribution in [0, 0.1) is 5.92 Å². The van der Waals surface area contributed by atoms with Gasteiger partial charge in [0.1, 0.15) is 11.6 Å². The Morgan fingerprint density at radius 1 is 0.964 bits per heavy atom. The predicted molar refractivity (Wildman–Crippen MR) is 97.5 cm³/mol. The normalized spacial score (nSPS) is 20.6. The highest BCUT2D eigenvalue weighted by atomic mass is 35.5. The molecule has 2 amide bonds. The zero-order valence-corrected chi connectivity index (χ0v) is 14.8. The quantitative estimate of drug-likeness (QED) is 0.623. The third-order valence-electron chi connectivity index (χ3n) is 4.52. The van der Waals surface area contributed by atoms with E-state index in [1.165, 1.54) is 48.5 Å². The maximum Gasteiger partial charge on any atom is 0.335 e. The predicted octanol–water partition coefficient (Wildman–Crippen LogP) is 2.17. The summed E-state index contributed by atoms with van der Waals surface area (Å²) < 4.78 is 0. The van der Waals surface area contributed by atoms with Crippen molar-refractivity contribution >= 4 is 46.6 Å². The minimum Gasteiger partial charge on any atom is -0.478 e. The second-order valence-electron chi connectivity index (χ2n) is 6.18. The summed E-state index contributed by atoms with van der Waals surface area (Å²) in [5.74, 6) is -4.14. The number of aromatic carboxylic acids is 1. The van der Waals surface area contributed by atoms with Crippen molar-refractivity contribution in [2.75, 3.05) is 4.90 Å². The smallest absolute Gasteiger partial charge is 0.335 e. The number of carbonyl (C=O) groups excluding carboxylic acids is 3. The van der Waals surface area contributed by atoms with Gasteiger partial charge in [0.25, 0.3) is 5.91 Å². The number of hydrogen-bond donors (Lipinski definition) is 1. The summed E-state index contributed by atoms with van der Waals surface area (Å²) in [6.07, 6.45) is -1.22. The lowest BCUT2D eigenvalue weighted by Gasteiger charge is -2.15. The van der Waals surface area contributed by atoms with Crippen LogP contribution in [0.5, 0.6) is 0 Å². The van der Waals surface area contributed by atoms with Crippen molar-refractivity contribution in [2.45, 2.75) is 6.10 Å². The lowest BCUT2D eigenvalue weighted by atomic mass is 9.93. The Balaban J connectivity index is 1.63. The molecule has 28 heavy (non-hydrogen) atoms. The molecule has 2 atom stereocenters. The summed E-state index contributed by atoms with van der Waals surface area (Å²) in [6.45, 7) is 0. The molecule has 4 rings (SSSR count). The van der Waals surface area contributed by atoms with Gasteiger partial charge in [-0.3, -0.25) is 14.4 Å². The first kappa shape index (κ1) is 17.9. The molecule has 2 aliphatic rings. The summed E-state index contributed by atoms with van der Waals surface area (Å²) in [4.78, 5) is 55.1. The average molecular weight is 399 g/mol. The molecule has 0 spiro atoms. The first-order valence-corrected chi connectivity index (χ1v) is 8.51. The van der Waals surface area contributed by atoms with Gasteiger partial charge in [-0.05, 0) is 48.5 Å². The molecular formula is C19H11ClN2O6. The number of carboxylic acid groups (broad SMARTS) is 1. The number of anilines is 1. The van der Waals surface area contributed by atoms with E-state index in [1.54, 1.807) is 0 Å². The van der Waals surface area contributed by atoms with E-state index < -0.39 is 35.6 Å². The number of Topliss-reactive ketones (excluding diaryl/α,β-unsaturated/α-hetero) is 1. The number of ketones is 1. The number of rotatable bonds is 4. The number of oxime groups is 1. The minimum absolute atomic E-state index is 0.0134. The van der Waals surface area contributed by atoms with Crippen LogP contribution in [0.15, 0.2) is 53.7 Å². The van der Waals surface area contributed by atoms with Crippen LogP contribution >= 0.6 is 11.6 Å². The van der Waals surface area contributed by atoms with Crippen LogP contribution in [0.2, 0.25) is 5.02 Å². The molecular weight excluding hydrogens is 388 g/mol. The summed E-state index contributed by atoms with van der Waals surface area (Å²) >= 11 is 5.82. The topological polar surface area (TPSA) is 113 Å². The first-order valence-electron chi connectivity index (χ1n) is 8.13. The largest absolute Gasteiger partial charge is 0.478 e. The van der Waals surface area contributed by atoms with Crippen molar-refractivity contribution in [1.29, 1.82) is 0 Å². The Labute approximate surface area is 162 Å². The van der Waals surface area contributed by atoms with E-state index in [9.17, 15) is 19.2 Å². The summed E-state index contributed by atoms with van der Waals surface area (Å²) in [7, 11) is 0. The SMILES string of the molecule is O=C(O)c1ccc(N2C(=O)C3ON=C(C(=O)c4ccc(Cl)cc4)C3C2=O)cc1. The van der Waals surface area contributed by atoms with Crippen LogP contribution in [0.3, 0.4) is 0 Å². The van der Waals surface area contributed by atoms with Crippen LogP contribution in [-0.2, 0) is 14.4 Å². The van der Waals surface area contributed by atoms with Gasteiger partial charge in [-0.2, -0.15) is 0 Å². The van der Waals surface area contributed by atoms with E-state index in [-0.39, 0.29) is 22.5 Å². The van der Waals surface area contributed by atoms with Crippen LogP contribution in [0.25, 0.3) is 0 Å². The number of amides is 2. The highest BCUT2D eigenvalue weighted by molar-refractivity contribution is 6.52. The molecule has 0 bridgehead atoms. The zero-order chi connectivity index (χ0) is 20.0. The number of halogens is 1. The van der Waals surface area contributed by atoms with Crippen LogP contribution in [0.4, 0.5) is 5.69 Å². The maximum absolute atomic E-state index is 12.9. The Kier molecular flexibility index (Phi) is 4.20. The van der Waals surface area contributed by atoms with Gasteiger partial charge in [0.05, 0.1) is 11.3 Å². The van der Waals surface area contributed by atoms with Gasteiger partial charge in [0.2, 0.25) is 17.8 Å². The highest BCUT2D eigenvalue weighted by Crippen LogP contribution is 2.34. The van der Waals surface area contributed by atoms with Gasteiger partial charge in [-0.25, -0.2) is 9.69 Å².